The van der Waals surface area contributed by atoms with E-state index in [-0.39, 0.29) is 18.2 Å². The van der Waals surface area contributed by atoms with E-state index in [9.17, 15) is 4.79 Å². The van der Waals surface area contributed by atoms with Crippen molar-refractivity contribution in [2.45, 2.75) is 13.3 Å². The summed E-state index contributed by atoms with van der Waals surface area (Å²) in [5, 5.41) is 0.787. The molecular formula is C15H22ClN3OS2. The fourth-order valence-electron chi connectivity index (χ4n) is 1.45. The zero-order valence-electron chi connectivity index (χ0n) is 13.5. The smallest absolute Gasteiger partial charge is 0.170 e. The van der Waals surface area contributed by atoms with E-state index in [0.29, 0.717) is 12.0 Å². The number of thiocarbonyl (C=S) groups is 1. The van der Waals surface area contributed by atoms with Gasteiger partial charge in [0.25, 0.3) is 0 Å². The summed E-state index contributed by atoms with van der Waals surface area (Å²) in [6, 6.07) is 7.37. The highest BCUT2D eigenvalue weighted by atomic mass is 35.5. The van der Waals surface area contributed by atoms with Crippen LogP contribution >= 0.6 is 36.4 Å². The van der Waals surface area contributed by atoms with Gasteiger partial charge in [0.1, 0.15) is 4.32 Å². The van der Waals surface area contributed by atoms with Gasteiger partial charge < -0.3 is 9.80 Å². The van der Waals surface area contributed by atoms with E-state index < -0.39 is 0 Å². The summed E-state index contributed by atoms with van der Waals surface area (Å²) in [5.74, 6) is 0.120. The Morgan fingerprint density at radius 2 is 1.86 bits per heavy atom. The molecule has 0 saturated carbocycles. The largest absolute Gasteiger partial charge is 0.363 e. The number of ketones is 1. The first-order valence-electron chi connectivity index (χ1n) is 6.63. The van der Waals surface area contributed by atoms with E-state index in [1.807, 2.05) is 69.2 Å². The molecule has 0 fully saturated rings. The lowest BCUT2D eigenvalue weighted by Crippen LogP contribution is -2.24. The average Bonchev–Trinajstić information content (AvgIpc) is 2.45. The number of carbonyl (C=O) groups is 1. The Hall–Kier alpha value is -1.11. The van der Waals surface area contributed by atoms with Crippen molar-refractivity contribution < 1.29 is 4.79 Å². The monoisotopic (exact) mass is 359 g/mol. The number of rotatable bonds is 3. The first-order chi connectivity index (χ1) is 9.85. The molecule has 0 unspecified atom stereocenters. The van der Waals surface area contributed by atoms with Crippen LogP contribution in [0.1, 0.15) is 23.7 Å². The molecule has 1 aromatic carbocycles. The minimum atomic E-state index is 0. The molecule has 1 aromatic rings. The van der Waals surface area contributed by atoms with E-state index in [0.717, 1.165) is 15.2 Å². The van der Waals surface area contributed by atoms with Gasteiger partial charge in [0.05, 0.1) is 5.69 Å². The molecule has 0 aliphatic rings. The number of aliphatic imine (C=N–C) groups is 1. The molecule has 1 rings (SSSR count). The average molecular weight is 360 g/mol. The Bertz CT molecular complexity index is 559. The number of carbonyl (C=O) groups excluding carboxylic acids is 1. The molecule has 0 bridgehead atoms. The van der Waals surface area contributed by atoms with Gasteiger partial charge in [0, 0.05) is 40.2 Å². The number of benzene rings is 1. The molecule has 0 atom stereocenters. The quantitative estimate of drug-likeness (QED) is 0.355. The summed E-state index contributed by atoms with van der Waals surface area (Å²) in [7, 11) is 7.66. The predicted molar refractivity (Wildman–Crippen MR) is 103 cm³/mol. The standard InChI is InChI=1S/C15H21N3OS2.ClH/c1-6-13(19)11-8-7-9-12(10-11)16-14(17(2)3)21-15(20)18(4)5;/h7-10H,6H2,1-5H3;1H/b16-14+;. The molecule has 122 valence electrons. The molecule has 0 aliphatic carbocycles. The zero-order chi connectivity index (χ0) is 16.0. The van der Waals surface area contributed by atoms with Crippen molar-refractivity contribution in [3.05, 3.63) is 29.8 Å². The lowest BCUT2D eigenvalue weighted by Gasteiger charge is -2.18. The minimum absolute atomic E-state index is 0. The topological polar surface area (TPSA) is 35.9 Å². The second kappa shape index (κ2) is 9.82. The number of hydrogen-bond donors (Lipinski definition) is 0. The van der Waals surface area contributed by atoms with Crippen molar-refractivity contribution in [1.29, 1.82) is 0 Å². The van der Waals surface area contributed by atoms with Crippen LogP contribution in [0, 0.1) is 0 Å². The van der Waals surface area contributed by atoms with Gasteiger partial charge in [-0.1, -0.05) is 31.3 Å². The van der Waals surface area contributed by atoms with Gasteiger partial charge in [-0.2, -0.15) is 0 Å². The molecule has 0 amide bonds. The van der Waals surface area contributed by atoms with Gasteiger partial charge in [-0.15, -0.1) is 12.4 Å². The second-order valence-electron chi connectivity index (χ2n) is 4.88. The molecule has 0 spiro atoms. The third kappa shape index (κ3) is 6.34. The Kier molecular flexibility index (Phi) is 9.32. The van der Waals surface area contributed by atoms with Crippen molar-refractivity contribution >= 4 is 57.3 Å². The maximum absolute atomic E-state index is 11.8. The molecule has 0 aromatic heterocycles. The number of halogens is 1. The highest BCUT2D eigenvalue weighted by molar-refractivity contribution is 8.32. The van der Waals surface area contributed by atoms with Gasteiger partial charge in [-0.25, -0.2) is 4.99 Å². The van der Waals surface area contributed by atoms with E-state index >= 15 is 0 Å². The molecule has 22 heavy (non-hydrogen) atoms. The van der Waals surface area contributed by atoms with Crippen LogP contribution in [0.2, 0.25) is 0 Å². The summed E-state index contributed by atoms with van der Waals surface area (Å²) >= 11 is 6.73. The maximum atomic E-state index is 11.8. The lowest BCUT2D eigenvalue weighted by molar-refractivity contribution is 0.0988. The molecule has 0 heterocycles. The Balaban J connectivity index is 0.00000441. The highest BCUT2D eigenvalue weighted by Gasteiger charge is 2.10. The van der Waals surface area contributed by atoms with Crippen LogP contribution in [0.4, 0.5) is 5.69 Å². The summed E-state index contributed by atoms with van der Waals surface area (Å²) in [5.41, 5.74) is 1.45. The van der Waals surface area contributed by atoms with Crippen molar-refractivity contribution in [3.63, 3.8) is 0 Å². The van der Waals surface area contributed by atoms with Crippen LogP contribution < -0.4 is 0 Å². The van der Waals surface area contributed by atoms with Crippen LogP contribution in [-0.4, -0.2) is 53.3 Å². The summed E-state index contributed by atoms with van der Waals surface area (Å²) in [6.45, 7) is 1.86. The second-order valence-corrected chi connectivity index (χ2v) is 6.48. The van der Waals surface area contributed by atoms with Crippen molar-refractivity contribution in [2.75, 3.05) is 28.2 Å². The Morgan fingerprint density at radius 3 is 2.36 bits per heavy atom. The summed E-state index contributed by atoms with van der Waals surface area (Å²) in [4.78, 5) is 20.1. The SMILES string of the molecule is CCC(=O)c1cccc(/N=C(/SC(=S)N(C)C)N(C)C)c1.Cl. The van der Waals surface area contributed by atoms with Gasteiger partial charge in [-0.3, -0.25) is 4.79 Å². The van der Waals surface area contributed by atoms with Crippen LogP contribution in [-0.2, 0) is 0 Å². The van der Waals surface area contributed by atoms with Gasteiger partial charge in [0.15, 0.2) is 11.0 Å². The molecule has 0 saturated heterocycles. The van der Waals surface area contributed by atoms with Crippen LogP contribution in [0.5, 0.6) is 0 Å². The van der Waals surface area contributed by atoms with Crippen LogP contribution in [0.25, 0.3) is 0 Å². The third-order valence-electron chi connectivity index (χ3n) is 2.64. The molecular weight excluding hydrogens is 338 g/mol. The minimum Gasteiger partial charge on any atom is -0.363 e. The van der Waals surface area contributed by atoms with Gasteiger partial charge in [-0.05, 0) is 23.9 Å². The van der Waals surface area contributed by atoms with Crippen LogP contribution in [0.15, 0.2) is 29.3 Å². The predicted octanol–water partition coefficient (Wildman–Crippen LogP) is 3.83. The van der Waals surface area contributed by atoms with Crippen molar-refractivity contribution in [1.82, 2.24) is 9.80 Å². The highest BCUT2D eigenvalue weighted by Crippen LogP contribution is 2.20. The molecule has 7 heteroatoms. The summed E-state index contributed by atoms with van der Waals surface area (Å²) in [6.07, 6.45) is 0.493. The fraction of sp³-hybridized carbons (Fsp3) is 0.400. The summed E-state index contributed by atoms with van der Waals surface area (Å²) < 4.78 is 0.739. The van der Waals surface area contributed by atoms with Crippen molar-refractivity contribution in [2.24, 2.45) is 4.99 Å². The van der Waals surface area contributed by atoms with Gasteiger partial charge >= 0.3 is 0 Å². The third-order valence-corrected chi connectivity index (χ3v) is 4.43. The van der Waals surface area contributed by atoms with Crippen LogP contribution in [0.3, 0.4) is 0 Å². The zero-order valence-corrected chi connectivity index (χ0v) is 15.9. The van der Waals surface area contributed by atoms with E-state index in [2.05, 4.69) is 4.99 Å². The number of nitrogens with zero attached hydrogens (tertiary/aromatic N) is 3. The first-order valence-corrected chi connectivity index (χ1v) is 7.86. The number of Topliss-reactive ketones (excluding diaryl/α,β-unsaturated/α-hetero) is 1. The van der Waals surface area contributed by atoms with E-state index in [1.54, 1.807) is 0 Å². The number of amidine groups is 1. The van der Waals surface area contributed by atoms with E-state index in [1.165, 1.54) is 11.8 Å². The normalized spacial score (nSPS) is 10.7. The van der Waals surface area contributed by atoms with E-state index in [4.69, 9.17) is 12.2 Å². The molecule has 0 N–H and O–H groups in total. The molecule has 0 radical (unpaired) electrons. The number of hydrogen-bond acceptors (Lipinski definition) is 4. The Labute approximate surface area is 148 Å². The number of thioether (sulfide) groups is 1. The first kappa shape index (κ1) is 20.9. The maximum Gasteiger partial charge on any atom is 0.170 e. The lowest BCUT2D eigenvalue weighted by atomic mass is 10.1. The van der Waals surface area contributed by atoms with Gasteiger partial charge in [0.2, 0.25) is 0 Å². The van der Waals surface area contributed by atoms with Crippen molar-refractivity contribution in [3.8, 4) is 0 Å². The molecule has 0 aliphatic heterocycles. The Morgan fingerprint density at radius 1 is 1.23 bits per heavy atom. The molecule has 4 nitrogen and oxygen atoms in total. The fourth-order valence-corrected chi connectivity index (χ4v) is 2.34.